The molecule has 0 N–H and O–H groups in total. The van der Waals surface area contributed by atoms with Crippen LogP contribution in [0.5, 0.6) is 5.75 Å². The average molecular weight is 312 g/mol. The molecule has 0 bridgehead atoms. The molecule has 23 heavy (non-hydrogen) atoms. The van der Waals surface area contributed by atoms with E-state index in [1.54, 1.807) is 30.3 Å². The smallest absolute Gasteiger partial charge is 0.343 e. The molecule has 0 amide bonds. The van der Waals surface area contributed by atoms with Crippen LogP contribution in [0.2, 0.25) is 0 Å². The number of esters is 2. The van der Waals surface area contributed by atoms with Crippen molar-refractivity contribution in [2.75, 3.05) is 6.61 Å². The second-order valence-corrected chi connectivity index (χ2v) is 4.76. The molecule has 2 aromatic carbocycles. The molecule has 0 aromatic heterocycles. The Morgan fingerprint density at radius 2 is 1.70 bits per heavy atom. The van der Waals surface area contributed by atoms with Crippen LogP contribution in [-0.2, 0) is 4.74 Å². The predicted octanol–water partition coefficient (Wildman–Crippen LogP) is 3.29. The lowest BCUT2D eigenvalue weighted by Crippen LogP contribution is -2.12. The SMILES string of the molecule is CCCOC(=O)c1cccc(C(=O)Oc2ccccc2C=O)c1. The molecular weight excluding hydrogens is 296 g/mol. The zero-order chi connectivity index (χ0) is 16.7. The number of rotatable bonds is 6. The number of hydrogen-bond acceptors (Lipinski definition) is 5. The van der Waals surface area contributed by atoms with Crippen molar-refractivity contribution in [2.45, 2.75) is 13.3 Å². The maximum Gasteiger partial charge on any atom is 0.343 e. The fourth-order valence-electron chi connectivity index (χ4n) is 1.88. The molecule has 0 spiro atoms. The molecule has 118 valence electrons. The van der Waals surface area contributed by atoms with Crippen molar-refractivity contribution in [1.82, 2.24) is 0 Å². The minimum atomic E-state index is -0.649. The first kappa shape index (κ1) is 16.4. The third kappa shape index (κ3) is 4.26. The second kappa shape index (κ2) is 7.89. The minimum Gasteiger partial charge on any atom is -0.462 e. The number of para-hydroxylation sites is 1. The standard InChI is InChI=1S/C18H16O5/c1-2-10-22-17(20)13-7-5-8-14(11-13)18(21)23-16-9-4-3-6-15(16)12-19/h3-9,11-12H,2,10H2,1H3. The molecule has 0 atom stereocenters. The number of hydrogen-bond donors (Lipinski definition) is 0. The van der Waals surface area contributed by atoms with Gasteiger partial charge in [0.2, 0.25) is 0 Å². The van der Waals surface area contributed by atoms with Gasteiger partial charge in [0, 0.05) is 0 Å². The summed E-state index contributed by atoms with van der Waals surface area (Å²) >= 11 is 0. The van der Waals surface area contributed by atoms with Crippen molar-refractivity contribution < 1.29 is 23.9 Å². The monoisotopic (exact) mass is 312 g/mol. The Morgan fingerprint density at radius 3 is 2.39 bits per heavy atom. The van der Waals surface area contributed by atoms with Crippen LogP contribution in [0.4, 0.5) is 0 Å². The van der Waals surface area contributed by atoms with Gasteiger partial charge in [-0.2, -0.15) is 0 Å². The number of ether oxygens (including phenoxy) is 2. The summed E-state index contributed by atoms with van der Waals surface area (Å²) in [6, 6.07) is 12.5. The molecule has 5 nitrogen and oxygen atoms in total. The Labute approximate surface area is 133 Å². The van der Waals surface area contributed by atoms with Crippen molar-refractivity contribution in [2.24, 2.45) is 0 Å². The summed E-state index contributed by atoms with van der Waals surface area (Å²) in [7, 11) is 0. The van der Waals surface area contributed by atoms with Gasteiger partial charge >= 0.3 is 11.9 Å². The molecule has 2 rings (SSSR count). The Morgan fingerprint density at radius 1 is 1.00 bits per heavy atom. The molecule has 0 aliphatic heterocycles. The number of benzene rings is 2. The number of aldehydes is 1. The summed E-state index contributed by atoms with van der Waals surface area (Å²) in [4.78, 5) is 34.9. The van der Waals surface area contributed by atoms with Gasteiger partial charge in [-0.1, -0.05) is 25.1 Å². The predicted molar refractivity (Wildman–Crippen MR) is 83.8 cm³/mol. The Hall–Kier alpha value is -2.95. The van der Waals surface area contributed by atoms with Gasteiger partial charge in [0.15, 0.2) is 6.29 Å². The van der Waals surface area contributed by atoms with Crippen LogP contribution in [0.25, 0.3) is 0 Å². The van der Waals surface area contributed by atoms with E-state index in [1.165, 1.54) is 18.2 Å². The fraction of sp³-hybridized carbons (Fsp3) is 0.167. The van der Waals surface area contributed by atoms with Gasteiger partial charge in [0.25, 0.3) is 0 Å². The van der Waals surface area contributed by atoms with E-state index >= 15 is 0 Å². The molecule has 2 aromatic rings. The molecule has 0 heterocycles. The van der Waals surface area contributed by atoms with Crippen LogP contribution < -0.4 is 4.74 Å². The van der Waals surface area contributed by atoms with Crippen LogP contribution in [0, 0.1) is 0 Å². The van der Waals surface area contributed by atoms with Gasteiger partial charge in [0.05, 0.1) is 23.3 Å². The Balaban J connectivity index is 2.16. The lowest BCUT2D eigenvalue weighted by molar-refractivity contribution is 0.0505. The quantitative estimate of drug-likeness (QED) is 0.465. The van der Waals surface area contributed by atoms with E-state index in [0.29, 0.717) is 12.9 Å². The van der Waals surface area contributed by atoms with Crippen LogP contribution in [0.1, 0.15) is 44.4 Å². The summed E-state index contributed by atoms with van der Waals surface area (Å²) in [5, 5.41) is 0. The van der Waals surface area contributed by atoms with Crippen LogP contribution >= 0.6 is 0 Å². The van der Waals surface area contributed by atoms with E-state index in [0.717, 1.165) is 6.42 Å². The van der Waals surface area contributed by atoms with Gasteiger partial charge in [-0.05, 0) is 36.8 Å². The van der Waals surface area contributed by atoms with Crippen molar-refractivity contribution in [3.05, 3.63) is 65.2 Å². The maximum absolute atomic E-state index is 12.2. The van der Waals surface area contributed by atoms with Crippen molar-refractivity contribution in [1.29, 1.82) is 0 Å². The number of carbonyl (C=O) groups excluding carboxylic acids is 3. The first-order valence-electron chi connectivity index (χ1n) is 7.19. The van der Waals surface area contributed by atoms with Gasteiger partial charge in [-0.25, -0.2) is 9.59 Å². The third-order valence-corrected chi connectivity index (χ3v) is 3.02. The van der Waals surface area contributed by atoms with Gasteiger partial charge in [-0.15, -0.1) is 0 Å². The first-order valence-corrected chi connectivity index (χ1v) is 7.19. The molecule has 0 aliphatic rings. The molecule has 0 unspecified atom stereocenters. The first-order chi connectivity index (χ1) is 11.2. The molecule has 0 saturated carbocycles. The van der Waals surface area contributed by atoms with E-state index in [2.05, 4.69) is 0 Å². The fourth-order valence-corrected chi connectivity index (χ4v) is 1.88. The van der Waals surface area contributed by atoms with Gasteiger partial charge in [-0.3, -0.25) is 4.79 Å². The van der Waals surface area contributed by atoms with Gasteiger partial charge in [0.1, 0.15) is 5.75 Å². The zero-order valence-electron chi connectivity index (χ0n) is 12.7. The number of carbonyl (C=O) groups is 3. The summed E-state index contributed by atoms with van der Waals surface area (Å²) in [6.45, 7) is 2.21. The largest absolute Gasteiger partial charge is 0.462 e. The van der Waals surface area contributed by atoms with Crippen molar-refractivity contribution in [3.63, 3.8) is 0 Å². The summed E-state index contributed by atoms with van der Waals surface area (Å²) in [6.07, 6.45) is 1.33. The van der Waals surface area contributed by atoms with E-state index in [4.69, 9.17) is 9.47 Å². The lowest BCUT2D eigenvalue weighted by atomic mass is 10.1. The lowest BCUT2D eigenvalue weighted by Gasteiger charge is -2.08. The highest BCUT2D eigenvalue weighted by Gasteiger charge is 2.14. The van der Waals surface area contributed by atoms with E-state index < -0.39 is 11.9 Å². The summed E-state index contributed by atoms with van der Waals surface area (Å²) in [5.74, 6) is -0.967. The highest BCUT2D eigenvalue weighted by molar-refractivity contribution is 5.96. The molecule has 5 heteroatoms. The minimum absolute atomic E-state index is 0.173. The highest BCUT2D eigenvalue weighted by Crippen LogP contribution is 2.18. The molecular formula is C18H16O5. The molecule has 0 saturated heterocycles. The maximum atomic E-state index is 12.2. The molecule has 0 aliphatic carbocycles. The van der Waals surface area contributed by atoms with E-state index in [1.807, 2.05) is 6.92 Å². The second-order valence-electron chi connectivity index (χ2n) is 4.76. The zero-order valence-corrected chi connectivity index (χ0v) is 12.7. The summed E-state index contributed by atoms with van der Waals surface area (Å²) < 4.78 is 10.2. The van der Waals surface area contributed by atoms with Crippen LogP contribution in [0.15, 0.2) is 48.5 Å². The average Bonchev–Trinajstić information content (AvgIpc) is 2.60. The third-order valence-electron chi connectivity index (χ3n) is 3.02. The summed E-state index contributed by atoms with van der Waals surface area (Å²) in [5.41, 5.74) is 0.757. The Bertz CT molecular complexity index is 721. The Kier molecular flexibility index (Phi) is 5.63. The van der Waals surface area contributed by atoms with Gasteiger partial charge < -0.3 is 9.47 Å². The van der Waals surface area contributed by atoms with E-state index in [-0.39, 0.29) is 22.4 Å². The van der Waals surface area contributed by atoms with Crippen molar-refractivity contribution >= 4 is 18.2 Å². The normalized spacial score (nSPS) is 9.96. The van der Waals surface area contributed by atoms with Crippen LogP contribution in [-0.4, -0.2) is 24.8 Å². The van der Waals surface area contributed by atoms with Crippen molar-refractivity contribution in [3.8, 4) is 5.75 Å². The van der Waals surface area contributed by atoms with E-state index in [9.17, 15) is 14.4 Å². The molecule has 0 fully saturated rings. The highest BCUT2D eigenvalue weighted by atomic mass is 16.5. The topological polar surface area (TPSA) is 69.7 Å². The molecule has 0 radical (unpaired) electrons. The van der Waals surface area contributed by atoms with Crippen LogP contribution in [0.3, 0.4) is 0 Å².